The van der Waals surface area contributed by atoms with Crippen molar-refractivity contribution in [3.8, 4) is 0 Å². The van der Waals surface area contributed by atoms with Gasteiger partial charge in [0.05, 0.1) is 21.7 Å². The monoisotopic (exact) mass is 318 g/mol. The van der Waals surface area contributed by atoms with Crippen LogP contribution in [0.25, 0.3) is 10.8 Å². The molecule has 0 N–H and O–H groups in total. The Morgan fingerprint density at radius 2 is 2.00 bits per heavy atom. The van der Waals surface area contributed by atoms with Crippen molar-refractivity contribution in [3.05, 3.63) is 50.9 Å². The van der Waals surface area contributed by atoms with E-state index in [1.165, 1.54) is 29.8 Å². The van der Waals surface area contributed by atoms with Crippen molar-refractivity contribution in [3.63, 3.8) is 0 Å². The van der Waals surface area contributed by atoms with Crippen LogP contribution in [0.1, 0.15) is 26.8 Å². The summed E-state index contributed by atoms with van der Waals surface area (Å²) in [7, 11) is 0. The molecule has 0 amide bonds. The van der Waals surface area contributed by atoms with Gasteiger partial charge in [-0.1, -0.05) is 19.9 Å². The number of benzene rings is 1. The Balaban J connectivity index is 2.57. The quantitative estimate of drug-likeness (QED) is 0.480. The number of aromatic nitrogens is 1. The Morgan fingerprint density at radius 1 is 1.30 bits per heavy atom. The highest BCUT2D eigenvalue weighted by atomic mass is 16.6. The number of hydrogen-bond acceptors (Lipinski definition) is 5. The number of carbonyl (C=O) groups is 1. The molecule has 0 spiro atoms. The van der Waals surface area contributed by atoms with E-state index in [9.17, 15) is 19.7 Å². The average Bonchev–Trinajstić information content (AvgIpc) is 2.48. The van der Waals surface area contributed by atoms with E-state index in [0.29, 0.717) is 5.39 Å². The average molecular weight is 318 g/mol. The molecule has 0 bridgehead atoms. The number of rotatable bonds is 5. The third-order valence-corrected chi connectivity index (χ3v) is 3.73. The number of hydrogen-bond donors (Lipinski definition) is 0. The van der Waals surface area contributed by atoms with E-state index in [2.05, 4.69) is 0 Å². The Morgan fingerprint density at radius 3 is 2.57 bits per heavy atom. The van der Waals surface area contributed by atoms with E-state index in [0.717, 1.165) is 0 Å². The molecule has 0 aliphatic rings. The number of nitro benzene ring substituents is 1. The molecule has 0 fully saturated rings. The molecule has 1 heterocycles. The van der Waals surface area contributed by atoms with E-state index < -0.39 is 10.9 Å². The van der Waals surface area contributed by atoms with Crippen LogP contribution >= 0.6 is 0 Å². The molecule has 7 nitrogen and oxygen atoms in total. The molecule has 7 heteroatoms. The first-order valence-electron chi connectivity index (χ1n) is 7.24. The minimum atomic E-state index is -0.509. The van der Waals surface area contributed by atoms with E-state index in [1.807, 2.05) is 13.8 Å². The molecule has 0 radical (unpaired) electrons. The number of non-ortho nitro benzene ring substituents is 1. The van der Waals surface area contributed by atoms with Crippen LogP contribution in [0.15, 0.2) is 35.3 Å². The lowest BCUT2D eigenvalue weighted by Crippen LogP contribution is -2.31. The summed E-state index contributed by atoms with van der Waals surface area (Å²) in [4.78, 5) is 34.3. The number of nitrogens with zero attached hydrogens (tertiary/aromatic N) is 2. The van der Waals surface area contributed by atoms with Crippen LogP contribution in [0, 0.1) is 16.0 Å². The number of fused-ring (bicyclic) bond motifs is 1. The number of esters is 1. The van der Waals surface area contributed by atoms with Crippen molar-refractivity contribution in [1.29, 1.82) is 0 Å². The lowest BCUT2D eigenvalue weighted by atomic mass is 10.0. The lowest BCUT2D eigenvalue weighted by Gasteiger charge is -2.23. The second-order valence-electron chi connectivity index (χ2n) is 5.64. The summed E-state index contributed by atoms with van der Waals surface area (Å²) in [5.41, 5.74) is -0.440. The minimum absolute atomic E-state index is 0.0446. The van der Waals surface area contributed by atoms with Crippen LogP contribution in [0.3, 0.4) is 0 Å². The Kier molecular flexibility index (Phi) is 4.78. The summed E-state index contributed by atoms with van der Waals surface area (Å²) >= 11 is 0. The summed E-state index contributed by atoms with van der Waals surface area (Å²) in [6.07, 6.45) is 1.52. The molecular formula is C16H18N2O5. The van der Waals surface area contributed by atoms with Crippen molar-refractivity contribution < 1.29 is 14.5 Å². The fourth-order valence-corrected chi connectivity index (χ4v) is 2.49. The third-order valence-electron chi connectivity index (χ3n) is 3.73. The van der Waals surface area contributed by atoms with Crippen LogP contribution < -0.4 is 5.56 Å². The Bertz CT molecular complexity index is 810. The zero-order valence-electron chi connectivity index (χ0n) is 13.2. The van der Waals surface area contributed by atoms with Gasteiger partial charge in [-0.3, -0.25) is 19.7 Å². The van der Waals surface area contributed by atoms with E-state index in [-0.39, 0.29) is 35.2 Å². The second kappa shape index (κ2) is 6.60. The topological polar surface area (TPSA) is 91.4 Å². The Hall–Kier alpha value is -2.70. The van der Waals surface area contributed by atoms with Gasteiger partial charge in [0.25, 0.3) is 11.2 Å². The fraction of sp³-hybridized carbons (Fsp3) is 0.375. The standard InChI is InChI=1S/C16H18N2O5/c1-10(2)15(9-23-11(3)19)17-8-7-12-13(16(17)20)5-4-6-14(12)18(21)22/h4-8,10,15H,9H2,1-3H3. The van der Waals surface area contributed by atoms with Gasteiger partial charge in [-0.2, -0.15) is 0 Å². The highest BCUT2D eigenvalue weighted by Gasteiger charge is 2.21. The maximum absolute atomic E-state index is 12.7. The largest absolute Gasteiger partial charge is 0.464 e. The van der Waals surface area contributed by atoms with Crippen LogP contribution in [-0.2, 0) is 9.53 Å². The van der Waals surface area contributed by atoms with Crippen LogP contribution in [-0.4, -0.2) is 22.1 Å². The molecule has 0 saturated heterocycles. The molecule has 2 aromatic rings. The maximum atomic E-state index is 12.7. The molecule has 1 aromatic heterocycles. The molecule has 1 unspecified atom stereocenters. The van der Waals surface area contributed by atoms with Gasteiger partial charge in [0.15, 0.2) is 0 Å². The van der Waals surface area contributed by atoms with Crippen LogP contribution in [0.4, 0.5) is 5.69 Å². The first kappa shape index (κ1) is 16.7. The van der Waals surface area contributed by atoms with E-state index in [4.69, 9.17) is 4.74 Å². The van der Waals surface area contributed by atoms with Gasteiger partial charge >= 0.3 is 5.97 Å². The van der Waals surface area contributed by atoms with Gasteiger partial charge in [0.2, 0.25) is 0 Å². The van der Waals surface area contributed by atoms with Crippen LogP contribution in [0.5, 0.6) is 0 Å². The number of nitro groups is 1. The van der Waals surface area contributed by atoms with E-state index in [1.54, 1.807) is 12.1 Å². The van der Waals surface area contributed by atoms with Crippen LogP contribution in [0.2, 0.25) is 0 Å². The van der Waals surface area contributed by atoms with Crippen molar-refractivity contribution in [2.75, 3.05) is 6.61 Å². The highest BCUT2D eigenvalue weighted by Crippen LogP contribution is 2.24. The molecule has 2 rings (SSSR count). The SMILES string of the molecule is CC(=O)OCC(C(C)C)n1ccc2c([N+](=O)[O-])cccc2c1=O. The highest BCUT2D eigenvalue weighted by molar-refractivity contribution is 5.89. The summed E-state index contributed by atoms with van der Waals surface area (Å²) in [6, 6.07) is 5.63. The summed E-state index contributed by atoms with van der Waals surface area (Å²) in [6.45, 7) is 5.22. The first-order valence-corrected chi connectivity index (χ1v) is 7.24. The molecule has 23 heavy (non-hydrogen) atoms. The summed E-state index contributed by atoms with van der Waals surface area (Å²) in [5.74, 6) is -0.372. The normalized spacial score (nSPS) is 12.3. The van der Waals surface area contributed by atoms with Gasteiger partial charge in [-0.25, -0.2) is 0 Å². The minimum Gasteiger partial charge on any atom is -0.464 e. The van der Waals surface area contributed by atoms with Crippen molar-refractivity contribution in [2.45, 2.75) is 26.8 Å². The van der Waals surface area contributed by atoms with Gasteiger partial charge in [-0.05, 0) is 18.1 Å². The van der Waals surface area contributed by atoms with E-state index >= 15 is 0 Å². The first-order chi connectivity index (χ1) is 10.8. The lowest BCUT2D eigenvalue weighted by molar-refractivity contribution is -0.383. The number of ether oxygens (including phenoxy) is 1. The molecule has 0 saturated carbocycles. The molecule has 122 valence electrons. The zero-order chi connectivity index (χ0) is 17.1. The van der Waals surface area contributed by atoms with Crippen molar-refractivity contribution >= 4 is 22.4 Å². The molecule has 1 atom stereocenters. The predicted octanol–water partition coefficient (Wildman–Crippen LogP) is 2.67. The summed E-state index contributed by atoms with van der Waals surface area (Å²) in [5, 5.41) is 11.6. The second-order valence-corrected chi connectivity index (χ2v) is 5.64. The van der Waals surface area contributed by atoms with Crippen molar-refractivity contribution in [1.82, 2.24) is 4.57 Å². The third kappa shape index (κ3) is 3.39. The van der Waals surface area contributed by atoms with Gasteiger partial charge in [0.1, 0.15) is 6.61 Å². The van der Waals surface area contributed by atoms with Crippen molar-refractivity contribution in [2.24, 2.45) is 5.92 Å². The number of pyridine rings is 1. The maximum Gasteiger partial charge on any atom is 0.302 e. The molecule has 0 aliphatic carbocycles. The summed E-state index contributed by atoms with van der Waals surface area (Å²) < 4.78 is 6.51. The predicted molar refractivity (Wildman–Crippen MR) is 85.4 cm³/mol. The Labute approximate surface area is 132 Å². The van der Waals surface area contributed by atoms with Gasteiger partial charge < -0.3 is 9.30 Å². The fourth-order valence-electron chi connectivity index (χ4n) is 2.49. The zero-order valence-corrected chi connectivity index (χ0v) is 13.2. The molecule has 0 aliphatic heterocycles. The van der Waals surface area contributed by atoms with Gasteiger partial charge in [-0.15, -0.1) is 0 Å². The molecule has 1 aromatic carbocycles. The smallest absolute Gasteiger partial charge is 0.302 e. The molecular weight excluding hydrogens is 300 g/mol. The van der Waals surface area contributed by atoms with Gasteiger partial charge in [0, 0.05) is 19.2 Å². The number of carbonyl (C=O) groups excluding carboxylic acids is 1.